The maximum Gasteiger partial charge on any atom is 0.363 e. The zero-order valence-electron chi connectivity index (χ0n) is 10.8. The lowest BCUT2D eigenvalue weighted by molar-refractivity contribution is -0.389. The molecule has 1 heterocycles. The Morgan fingerprint density at radius 1 is 1.29 bits per heavy atom. The molecule has 0 fully saturated rings. The monoisotopic (exact) mass is 371 g/mol. The number of benzene rings is 1. The molecule has 9 heteroatoms. The van der Waals surface area contributed by atoms with Crippen LogP contribution >= 0.6 is 15.9 Å². The summed E-state index contributed by atoms with van der Waals surface area (Å²) < 4.78 is 27.3. The Hall–Kier alpha value is -2.00. The number of nitrogens with zero attached hydrogens (tertiary/aromatic N) is 2. The molecule has 0 radical (unpaired) electrons. The van der Waals surface area contributed by atoms with Gasteiger partial charge >= 0.3 is 5.82 Å². The largest absolute Gasteiger partial charge is 0.363 e. The Labute approximate surface area is 129 Å². The molecule has 0 aliphatic rings. The molecule has 0 amide bonds. The summed E-state index contributed by atoms with van der Waals surface area (Å²) in [6, 6.07) is 7.33. The predicted molar refractivity (Wildman–Crippen MR) is 80.6 cm³/mol. The smallest absolute Gasteiger partial charge is 0.358 e. The summed E-state index contributed by atoms with van der Waals surface area (Å²) in [5, 5.41) is 10.5. The van der Waals surface area contributed by atoms with E-state index in [2.05, 4.69) is 25.6 Å². The lowest BCUT2D eigenvalue weighted by atomic mass is 10.2. The zero-order chi connectivity index (χ0) is 15.6. The second-order valence-corrected chi connectivity index (χ2v) is 6.73. The molecule has 110 valence electrons. The van der Waals surface area contributed by atoms with Gasteiger partial charge in [0, 0.05) is 10.5 Å². The molecular weight excluding hydrogens is 362 g/mol. The van der Waals surface area contributed by atoms with Gasteiger partial charge in [0.2, 0.25) is 0 Å². The van der Waals surface area contributed by atoms with Gasteiger partial charge in [-0.25, -0.2) is 8.42 Å². The Morgan fingerprint density at radius 3 is 2.52 bits per heavy atom. The Bertz CT molecular complexity index is 791. The minimum atomic E-state index is -3.86. The van der Waals surface area contributed by atoms with E-state index in [-0.39, 0.29) is 4.90 Å². The van der Waals surface area contributed by atoms with Gasteiger partial charge in [-0.15, -0.1) is 0 Å². The average molecular weight is 372 g/mol. The van der Waals surface area contributed by atoms with Crippen molar-refractivity contribution in [2.24, 2.45) is 0 Å². The lowest BCUT2D eigenvalue weighted by Crippen LogP contribution is -2.13. The third kappa shape index (κ3) is 3.56. The van der Waals surface area contributed by atoms with Crippen molar-refractivity contribution in [3.05, 3.63) is 56.7 Å². The van der Waals surface area contributed by atoms with Crippen molar-refractivity contribution in [3.8, 4) is 0 Å². The quantitative estimate of drug-likeness (QED) is 0.657. The van der Waals surface area contributed by atoms with Gasteiger partial charge in [-0.3, -0.25) is 4.72 Å². The van der Waals surface area contributed by atoms with Crippen LogP contribution in [-0.2, 0) is 10.0 Å². The number of anilines is 1. The normalized spacial score (nSPS) is 11.1. The van der Waals surface area contributed by atoms with Crippen LogP contribution in [0.2, 0.25) is 0 Å². The van der Waals surface area contributed by atoms with E-state index in [0.717, 1.165) is 23.9 Å². The standard InChI is InChI=1S/C12H10BrN3O4S/c1-8-2-4-11(10(13)6-8)15-21(19,20)9-3-5-12(14-7-9)16(17)18/h2-7,15H,1H3. The minimum absolute atomic E-state index is 0.152. The third-order valence-corrected chi connectivity index (χ3v) is 4.59. The van der Waals surface area contributed by atoms with Crippen LogP contribution in [-0.4, -0.2) is 18.3 Å². The van der Waals surface area contributed by atoms with Crippen molar-refractivity contribution >= 4 is 37.5 Å². The molecule has 0 aliphatic carbocycles. The van der Waals surface area contributed by atoms with E-state index in [1.54, 1.807) is 18.2 Å². The van der Waals surface area contributed by atoms with Crippen LogP contribution in [0.1, 0.15) is 5.56 Å². The molecule has 21 heavy (non-hydrogen) atoms. The van der Waals surface area contributed by atoms with Crippen molar-refractivity contribution < 1.29 is 13.3 Å². The van der Waals surface area contributed by atoms with Gasteiger partial charge in [0.1, 0.15) is 4.90 Å². The number of rotatable bonds is 4. The summed E-state index contributed by atoms with van der Waals surface area (Å²) in [5.41, 5.74) is 1.35. The average Bonchev–Trinajstić information content (AvgIpc) is 2.42. The topological polar surface area (TPSA) is 102 Å². The first-order valence-electron chi connectivity index (χ1n) is 5.69. The second kappa shape index (κ2) is 5.78. The van der Waals surface area contributed by atoms with Crippen molar-refractivity contribution in [1.82, 2.24) is 4.98 Å². The van der Waals surface area contributed by atoms with Gasteiger partial charge in [0.25, 0.3) is 10.0 Å². The fraction of sp³-hybridized carbons (Fsp3) is 0.0833. The lowest BCUT2D eigenvalue weighted by Gasteiger charge is -2.09. The first kappa shape index (κ1) is 15.4. The van der Waals surface area contributed by atoms with Gasteiger partial charge in [-0.2, -0.15) is 0 Å². The van der Waals surface area contributed by atoms with Crippen LogP contribution in [0.5, 0.6) is 0 Å². The number of hydrogen-bond acceptors (Lipinski definition) is 5. The van der Waals surface area contributed by atoms with Gasteiger partial charge in [-0.05, 0) is 56.5 Å². The molecule has 0 saturated heterocycles. The molecule has 0 unspecified atom stereocenters. The number of aryl methyl sites for hydroxylation is 1. The van der Waals surface area contributed by atoms with Crippen LogP contribution < -0.4 is 4.72 Å². The summed E-state index contributed by atoms with van der Waals surface area (Å²) in [4.78, 5) is 13.1. The molecule has 2 rings (SSSR count). The van der Waals surface area contributed by atoms with Gasteiger partial charge < -0.3 is 10.1 Å². The Morgan fingerprint density at radius 2 is 2.00 bits per heavy atom. The number of nitro groups is 1. The maximum atomic E-state index is 12.2. The van der Waals surface area contributed by atoms with Crippen LogP contribution in [0.15, 0.2) is 45.9 Å². The van der Waals surface area contributed by atoms with Gasteiger partial charge in [0.05, 0.1) is 5.69 Å². The van der Waals surface area contributed by atoms with Crippen molar-refractivity contribution in [2.45, 2.75) is 11.8 Å². The number of aromatic nitrogens is 1. The Kier molecular flexibility index (Phi) is 4.24. The van der Waals surface area contributed by atoms with Gasteiger partial charge in [-0.1, -0.05) is 6.07 Å². The van der Waals surface area contributed by atoms with Crippen LogP contribution in [0.3, 0.4) is 0 Å². The molecule has 0 atom stereocenters. The molecule has 0 bridgehead atoms. The van der Waals surface area contributed by atoms with Crippen LogP contribution in [0.25, 0.3) is 0 Å². The SMILES string of the molecule is Cc1ccc(NS(=O)(=O)c2ccc([N+](=O)[O-])nc2)c(Br)c1. The van der Waals surface area contributed by atoms with Gasteiger partial charge in [0.15, 0.2) is 6.20 Å². The fourth-order valence-electron chi connectivity index (χ4n) is 1.55. The highest BCUT2D eigenvalue weighted by Gasteiger charge is 2.19. The molecule has 0 aliphatic heterocycles. The second-order valence-electron chi connectivity index (χ2n) is 4.20. The maximum absolute atomic E-state index is 12.2. The molecule has 0 saturated carbocycles. The van der Waals surface area contributed by atoms with E-state index in [4.69, 9.17) is 0 Å². The first-order chi connectivity index (χ1) is 9.79. The number of nitrogens with one attached hydrogen (secondary N) is 1. The summed E-state index contributed by atoms with van der Waals surface area (Å²) >= 11 is 3.27. The molecule has 1 aromatic carbocycles. The molecule has 1 aromatic heterocycles. The number of sulfonamides is 1. The molecule has 7 nitrogen and oxygen atoms in total. The summed E-state index contributed by atoms with van der Waals surface area (Å²) in [5.74, 6) is -0.412. The van der Waals surface area contributed by atoms with Crippen molar-refractivity contribution in [3.63, 3.8) is 0 Å². The van der Waals surface area contributed by atoms with E-state index in [9.17, 15) is 18.5 Å². The fourth-order valence-corrected chi connectivity index (χ4v) is 3.29. The Balaban J connectivity index is 2.31. The zero-order valence-corrected chi connectivity index (χ0v) is 13.2. The highest BCUT2D eigenvalue weighted by Crippen LogP contribution is 2.26. The number of halogens is 1. The third-order valence-electron chi connectivity index (χ3n) is 2.59. The minimum Gasteiger partial charge on any atom is -0.358 e. The predicted octanol–water partition coefficient (Wildman–Crippen LogP) is 2.86. The van der Waals surface area contributed by atoms with Crippen molar-refractivity contribution in [1.29, 1.82) is 0 Å². The van der Waals surface area contributed by atoms with Crippen LogP contribution in [0.4, 0.5) is 11.5 Å². The summed E-state index contributed by atoms with van der Waals surface area (Å²) in [6.07, 6.45) is 0.947. The summed E-state index contributed by atoms with van der Waals surface area (Å²) in [6.45, 7) is 1.88. The van der Waals surface area contributed by atoms with E-state index in [1.165, 1.54) is 0 Å². The van der Waals surface area contributed by atoms with E-state index in [0.29, 0.717) is 10.2 Å². The first-order valence-corrected chi connectivity index (χ1v) is 7.96. The van der Waals surface area contributed by atoms with E-state index < -0.39 is 20.8 Å². The highest BCUT2D eigenvalue weighted by atomic mass is 79.9. The van der Waals surface area contributed by atoms with Crippen LogP contribution in [0, 0.1) is 17.0 Å². The summed E-state index contributed by atoms with van der Waals surface area (Å²) in [7, 11) is -3.86. The van der Waals surface area contributed by atoms with Crippen molar-refractivity contribution in [2.75, 3.05) is 4.72 Å². The highest BCUT2D eigenvalue weighted by molar-refractivity contribution is 9.10. The number of pyridine rings is 1. The number of hydrogen-bond donors (Lipinski definition) is 1. The molecule has 1 N–H and O–H groups in total. The molecule has 0 spiro atoms. The molecule has 2 aromatic rings. The molecular formula is C12H10BrN3O4S. The van der Waals surface area contributed by atoms with E-state index >= 15 is 0 Å². The van der Waals surface area contributed by atoms with E-state index in [1.807, 2.05) is 6.92 Å².